The van der Waals surface area contributed by atoms with E-state index in [4.69, 9.17) is 14.3 Å². The lowest BCUT2D eigenvalue weighted by Gasteiger charge is -2.17. The molecule has 3 N–H and O–H groups in total. The first-order valence-electron chi connectivity index (χ1n) is 8.40. The fourth-order valence-corrected chi connectivity index (χ4v) is 5.06. The summed E-state index contributed by atoms with van der Waals surface area (Å²) in [6, 6.07) is 7.13. The Morgan fingerprint density at radius 2 is 1.77 bits per heavy atom. The van der Waals surface area contributed by atoms with Crippen LogP contribution >= 0.6 is 0 Å². The molecule has 0 saturated heterocycles. The van der Waals surface area contributed by atoms with Crippen LogP contribution in [0.15, 0.2) is 40.1 Å². The number of rotatable bonds is 7. The van der Waals surface area contributed by atoms with Crippen molar-refractivity contribution < 1.29 is 26.9 Å². The molecular formula is C17H20N6O6S2. The van der Waals surface area contributed by atoms with Crippen LogP contribution in [0.3, 0.4) is 0 Å². The van der Waals surface area contributed by atoms with Crippen molar-refractivity contribution >= 4 is 31.8 Å². The highest BCUT2D eigenvalue weighted by Gasteiger charge is 2.27. The summed E-state index contributed by atoms with van der Waals surface area (Å²) in [5, 5.41) is 11.6. The summed E-state index contributed by atoms with van der Waals surface area (Å²) in [7, 11) is -2.98. The molecule has 166 valence electrons. The number of hydrogen-bond donors (Lipinski definition) is 3. The molecule has 0 aliphatic carbocycles. The molecule has 0 aliphatic heterocycles. The van der Waals surface area contributed by atoms with Gasteiger partial charge in [0, 0.05) is 20.2 Å². The van der Waals surface area contributed by atoms with Crippen molar-refractivity contribution in [3.8, 4) is 17.7 Å². The minimum atomic E-state index is -4.12. The zero-order valence-corrected chi connectivity index (χ0v) is 18.6. The van der Waals surface area contributed by atoms with E-state index in [1.54, 1.807) is 0 Å². The summed E-state index contributed by atoms with van der Waals surface area (Å²) in [6.07, 6.45) is 0. The summed E-state index contributed by atoms with van der Waals surface area (Å²) in [6.45, 7) is 0. The average molecular weight is 469 g/mol. The highest BCUT2D eigenvalue weighted by atomic mass is 32.2. The molecule has 0 aliphatic rings. The zero-order valence-electron chi connectivity index (χ0n) is 17.0. The number of aromatic nitrogens is 1. The molecule has 1 atom stereocenters. The highest BCUT2D eigenvalue weighted by Crippen LogP contribution is 2.28. The number of benzene rings is 1. The topological polar surface area (TPSA) is 175 Å². The van der Waals surface area contributed by atoms with E-state index in [-0.39, 0.29) is 27.9 Å². The van der Waals surface area contributed by atoms with Gasteiger partial charge >= 0.3 is 6.03 Å². The van der Waals surface area contributed by atoms with E-state index in [9.17, 15) is 22.7 Å². The Bertz CT molecular complexity index is 1250. The van der Waals surface area contributed by atoms with Crippen molar-refractivity contribution in [2.24, 2.45) is 0 Å². The maximum Gasteiger partial charge on any atom is 0.333 e. The first-order chi connectivity index (χ1) is 14.5. The number of sulfonamides is 1. The number of amides is 2. The molecule has 0 spiro atoms. The Kier molecular flexibility index (Phi) is 7.05. The van der Waals surface area contributed by atoms with E-state index in [2.05, 4.69) is 10.3 Å². The number of anilines is 1. The van der Waals surface area contributed by atoms with Gasteiger partial charge in [0.25, 0.3) is 0 Å². The van der Waals surface area contributed by atoms with E-state index < -0.39 is 30.9 Å². The number of nitrogens with zero attached hydrogens (tertiary/aromatic N) is 3. The van der Waals surface area contributed by atoms with Gasteiger partial charge in [0.1, 0.15) is 22.3 Å². The number of urea groups is 1. The molecule has 0 bridgehead atoms. The second-order valence-corrected chi connectivity index (χ2v) is 9.93. The van der Waals surface area contributed by atoms with E-state index in [1.807, 2.05) is 10.8 Å². The first-order valence-corrected chi connectivity index (χ1v) is 11.4. The van der Waals surface area contributed by atoms with Crippen LogP contribution in [0.5, 0.6) is 11.6 Å². The van der Waals surface area contributed by atoms with Crippen LogP contribution in [-0.2, 0) is 19.9 Å². The van der Waals surface area contributed by atoms with Crippen LogP contribution in [-0.4, -0.2) is 56.3 Å². The summed E-state index contributed by atoms with van der Waals surface area (Å²) >= 11 is 0. The minimum absolute atomic E-state index is 0.0279. The van der Waals surface area contributed by atoms with Gasteiger partial charge in [0.2, 0.25) is 15.9 Å². The summed E-state index contributed by atoms with van der Waals surface area (Å²) in [5.41, 5.74) is -0.134. The summed E-state index contributed by atoms with van der Waals surface area (Å²) < 4.78 is 59.0. The Hall–Kier alpha value is -3.41. The van der Waals surface area contributed by atoms with Crippen LogP contribution in [0.2, 0.25) is 0 Å². The van der Waals surface area contributed by atoms with Crippen LogP contribution in [0.4, 0.5) is 10.6 Å². The van der Waals surface area contributed by atoms with Crippen LogP contribution < -0.4 is 19.5 Å². The molecule has 2 aromatic rings. The monoisotopic (exact) mass is 468 g/mol. The maximum atomic E-state index is 13.0. The van der Waals surface area contributed by atoms with Gasteiger partial charge in [-0.05, 0) is 12.1 Å². The molecule has 12 nitrogen and oxygen atoms in total. The molecule has 0 radical (unpaired) electrons. The Morgan fingerprint density at radius 3 is 2.29 bits per heavy atom. The van der Waals surface area contributed by atoms with Crippen LogP contribution in [0.25, 0.3) is 0 Å². The molecule has 31 heavy (non-hydrogen) atoms. The maximum absolute atomic E-state index is 13.0. The minimum Gasteiger partial charge on any atom is -0.495 e. The molecular weight excluding hydrogens is 448 g/mol. The number of carbonyl (C=O) groups excluding carboxylic acids is 1. The molecule has 2 rings (SSSR count). The largest absolute Gasteiger partial charge is 0.495 e. The Balaban J connectivity index is 2.42. The van der Waals surface area contributed by atoms with Crippen LogP contribution in [0, 0.1) is 16.1 Å². The third kappa shape index (κ3) is 5.02. The second kappa shape index (κ2) is 9.16. The lowest BCUT2D eigenvalue weighted by Crippen LogP contribution is -2.35. The predicted molar refractivity (Wildman–Crippen MR) is 111 cm³/mol. The lowest BCUT2D eigenvalue weighted by atomic mass is 10.2. The molecule has 14 heteroatoms. The molecule has 1 aromatic heterocycles. The number of nitrogens with one attached hydrogen (secondary N) is 3. The van der Waals surface area contributed by atoms with Crippen molar-refractivity contribution in [3.63, 3.8) is 0 Å². The average Bonchev–Trinajstić information content (AvgIpc) is 2.72. The summed E-state index contributed by atoms with van der Waals surface area (Å²) in [5.74, 6) is -0.167. The number of ether oxygens (including phenoxy) is 2. The third-order valence-corrected chi connectivity index (χ3v) is 7.34. The number of pyridine rings is 1. The van der Waals surface area contributed by atoms with Gasteiger partial charge in [-0.3, -0.25) is 5.32 Å². The SMILES string of the molecule is COc1cc(OC)c(C#N)c(NC(=O)NS(=N)(=O)c2ccccc2S(=O)(=O)N(C)C)n1. The molecule has 1 heterocycles. The van der Waals surface area contributed by atoms with Crippen LogP contribution in [0.1, 0.15) is 5.56 Å². The van der Waals surface area contributed by atoms with Gasteiger partial charge in [0.15, 0.2) is 15.7 Å². The first kappa shape index (κ1) is 23.9. The fourth-order valence-electron chi connectivity index (χ4n) is 2.38. The number of carbonyl (C=O) groups is 1. The zero-order chi connectivity index (χ0) is 23.4. The van der Waals surface area contributed by atoms with E-state index in [1.165, 1.54) is 58.6 Å². The van der Waals surface area contributed by atoms with Gasteiger partial charge in [-0.15, -0.1) is 0 Å². The lowest BCUT2D eigenvalue weighted by molar-refractivity contribution is 0.256. The molecule has 1 aromatic carbocycles. The number of methoxy groups -OCH3 is 2. The van der Waals surface area contributed by atoms with Gasteiger partial charge in [-0.1, -0.05) is 12.1 Å². The van der Waals surface area contributed by atoms with Crippen molar-refractivity contribution in [1.82, 2.24) is 14.0 Å². The van der Waals surface area contributed by atoms with Crippen molar-refractivity contribution in [3.05, 3.63) is 35.9 Å². The van der Waals surface area contributed by atoms with Gasteiger partial charge in [-0.25, -0.2) is 31.2 Å². The second-order valence-electron chi connectivity index (χ2n) is 6.05. The Labute approximate surface area is 180 Å². The summed E-state index contributed by atoms with van der Waals surface area (Å²) in [4.78, 5) is 15.6. The molecule has 0 fully saturated rings. The van der Waals surface area contributed by atoms with E-state index in [0.29, 0.717) is 0 Å². The van der Waals surface area contributed by atoms with E-state index >= 15 is 0 Å². The molecule has 1 unspecified atom stereocenters. The van der Waals surface area contributed by atoms with Gasteiger partial charge in [0.05, 0.1) is 19.1 Å². The predicted octanol–water partition coefficient (Wildman–Crippen LogP) is 1.36. The molecule has 0 saturated carbocycles. The van der Waals surface area contributed by atoms with Gasteiger partial charge < -0.3 is 9.47 Å². The Morgan fingerprint density at radius 1 is 1.16 bits per heavy atom. The quantitative estimate of drug-likeness (QED) is 0.546. The highest BCUT2D eigenvalue weighted by molar-refractivity contribution is 7.93. The number of nitriles is 1. The van der Waals surface area contributed by atoms with E-state index in [0.717, 1.165) is 4.31 Å². The fraction of sp³-hybridized carbons (Fsp3) is 0.235. The van der Waals surface area contributed by atoms with Gasteiger partial charge in [-0.2, -0.15) is 10.2 Å². The molecule has 2 amide bonds. The number of hydrogen-bond acceptors (Lipinski definition) is 9. The normalized spacial score (nSPS) is 13.0. The smallest absolute Gasteiger partial charge is 0.333 e. The van der Waals surface area contributed by atoms with Crippen molar-refractivity contribution in [2.45, 2.75) is 9.79 Å². The standard InChI is InChI=1S/C17H20N6O6S2/c1-23(2)31(26,27)14-8-6-5-7-13(14)30(19,25)22-17(24)21-16-11(10-18)12(28-3)9-15(20-16)29-4/h5-9H,1-4H3,(H3,19,20,21,22,24,25). The third-order valence-electron chi connectivity index (χ3n) is 3.89. The van der Waals surface area contributed by atoms with Crippen molar-refractivity contribution in [1.29, 1.82) is 10.0 Å². The van der Waals surface area contributed by atoms with Crippen molar-refractivity contribution in [2.75, 3.05) is 33.6 Å².